The molecule has 0 aliphatic carbocycles. The summed E-state index contributed by atoms with van der Waals surface area (Å²) in [4.78, 5) is 19.9. The Morgan fingerprint density at radius 2 is 1.83 bits per heavy atom. The van der Waals surface area contributed by atoms with Crippen molar-refractivity contribution in [1.82, 2.24) is 19.8 Å². The maximum Gasteiger partial charge on any atom is 0.226 e. The largest absolute Gasteiger partial charge is 0.379 e. The lowest BCUT2D eigenvalue weighted by molar-refractivity contribution is -0.121. The number of nitrogens with one attached hydrogen (secondary N) is 1. The Morgan fingerprint density at radius 1 is 1.13 bits per heavy atom. The van der Waals surface area contributed by atoms with Crippen molar-refractivity contribution in [1.29, 1.82) is 0 Å². The highest BCUT2D eigenvalue weighted by molar-refractivity contribution is 7.12. The Labute approximate surface area is 181 Å². The van der Waals surface area contributed by atoms with Gasteiger partial charge < -0.3 is 10.1 Å². The summed E-state index contributed by atoms with van der Waals surface area (Å²) in [6, 6.07) is 14.3. The van der Waals surface area contributed by atoms with Crippen LogP contribution < -0.4 is 5.32 Å². The van der Waals surface area contributed by atoms with Crippen molar-refractivity contribution in [3.63, 3.8) is 0 Å². The van der Waals surface area contributed by atoms with E-state index in [0.29, 0.717) is 0 Å². The Kier molecular flexibility index (Phi) is 6.62. The number of benzene rings is 1. The molecule has 7 heteroatoms. The lowest BCUT2D eigenvalue weighted by Crippen LogP contribution is -2.43. The summed E-state index contributed by atoms with van der Waals surface area (Å²) in [6.07, 6.45) is 0.280. The predicted octanol–water partition coefficient (Wildman–Crippen LogP) is 3.28. The Balaban J connectivity index is 1.44. The number of amides is 1. The van der Waals surface area contributed by atoms with Gasteiger partial charge >= 0.3 is 0 Å². The van der Waals surface area contributed by atoms with Gasteiger partial charge in [0.25, 0.3) is 0 Å². The first-order valence-electron chi connectivity index (χ1n) is 10.3. The molecule has 6 nitrogen and oxygen atoms in total. The van der Waals surface area contributed by atoms with Crippen LogP contribution in [0.1, 0.15) is 28.7 Å². The molecular formula is C23H28N4O2S. The standard InChI is InChI=1S/C23H28N4O2S/c1-17-8-9-18(2)27(17)23-24-20(16-30-23)14-22(28)25-21(19-6-4-3-5-7-19)15-26-10-12-29-13-11-26/h3-9,16,21H,10-15H2,1-2H3,(H,25,28). The van der Waals surface area contributed by atoms with E-state index in [2.05, 4.69) is 52.9 Å². The summed E-state index contributed by atoms with van der Waals surface area (Å²) >= 11 is 1.57. The van der Waals surface area contributed by atoms with Crippen LogP contribution in [-0.4, -0.2) is 53.2 Å². The minimum Gasteiger partial charge on any atom is -0.379 e. The fourth-order valence-electron chi connectivity index (χ4n) is 3.82. The molecule has 1 amide bonds. The highest BCUT2D eigenvalue weighted by Crippen LogP contribution is 2.21. The molecule has 3 aromatic rings. The van der Waals surface area contributed by atoms with Crippen LogP contribution in [0, 0.1) is 13.8 Å². The average molecular weight is 425 g/mol. The molecule has 0 spiro atoms. The molecule has 158 valence electrons. The van der Waals surface area contributed by atoms with Crippen molar-refractivity contribution >= 4 is 17.2 Å². The van der Waals surface area contributed by atoms with E-state index in [0.717, 1.165) is 60.6 Å². The first-order valence-corrected chi connectivity index (χ1v) is 11.2. The molecule has 4 rings (SSSR count). The summed E-state index contributed by atoms with van der Waals surface area (Å²) < 4.78 is 7.58. The van der Waals surface area contributed by atoms with E-state index in [1.165, 1.54) is 0 Å². The van der Waals surface area contributed by atoms with E-state index in [4.69, 9.17) is 9.72 Å². The predicted molar refractivity (Wildman–Crippen MR) is 119 cm³/mol. The molecule has 3 heterocycles. The molecular weight excluding hydrogens is 396 g/mol. The van der Waals surface area contributed by atoms with Gasteiger partial charge in [-0.25, -0.2) is 4.98 Å². The molecule has 1 unspecified atom stereocenters. The number of aromatic nitrogens is 2. The number of hydrogen-bond donors (Lipinski definition) is 1. The summed E-state index contributed by atoms with van der Waals surface area (Å²) in [7, 11) is 0. The van der Waals surface area contributed by atoms with Gasteiger partial charge in [-0.1, -0.05) is 30.3 Å². The van der Waals surface area contributed by atoms with Crippen LogP contribution in [0.5, 0.6) is 0 Å². The minimum absolute atomic E-state index is 0.00471. The number of ether oxygens (including phenoxy) is 1. The maximum atomic E-state index is 12.9. The number of hydrogen-bond acceptors (Lipinski definition) is 5. The molecule has 1 atom stereocenters. The lowest BCUT2D eigenvalue weighted by atomic mass is 10.1. The number of nitrogens with zero attached hydrogens (tertiary/aromatic N) is 3. The van der Waals surface area contributed by atoms with Gasteiger partial charge in [0.05, 0.1) is 31.4 Å². The molecule has 1 aliphatic heterocycles. The fourth-order valence-corrected chi connectivity index (χ4v) is 4.76. The molecule has 1 saturated heterocycles. The molecule has 1 fully saturated rings. The first-order chi connectivity index (χ1) is 14.6. The van der Waals surface area contributed by atoms with E-state index in [1.807, 2.05) is 23.6 Å². The summed E-state index contributed by atoms with van der Waals surface area (Å²) in [5, 5.41) is 6.12. The second-order valence-electron chi connectivity index (χ2n) is 7.69. The second-order valence-corrected chi connectivity index (χ2v) is 8.53. The summed E-state index contributed by atoms with van der Waals surface area (Å²) in [5.41, 5.74) is 4.22. The zero-order chi connectivity index (χ0) is 20.9. The van der Waals surface area contributed by atoms with E-state index >= 15 is 0 Å². The number of thiazole rings is 1. The Hall–Kier alpha value is -2.48. The first kappa shape index (κ1) is 20.8. The third-order valence-electron chi connectivity index (χ3n) is 5.43. The SMILES string of the molecule is Cc1ccc(C)n1-c1nc(CC(=O)NC(CN2CCOCC2)c2ccccc2)cs1. The van der Waals surface area contributed by atoms with Crippen molar-refractivity contribution in [2.24, 2.45) is 0 Å². The maximum absolute atomic E-state index is 12.9. The van der Waals surface area contributed by atoms with Crippen LogP contribution in [0.15, 0.2) is 47.8 Å². The van der Waals surface area contributed by atoms with Gasteiger partial charge in [-0.05, 0) is 31.5 Å². The monoisotopic (exact) mass is 424 g/mol. The summed E-state index contributed by atoms with van der Waals surface area (Å²) in [6.45, 7) is 8.19. The van der Waals surface area contributed by atoms with E-state index in [-0.39, 0.29) is 18.4 Å². The quantitative estimate of drug-likeness (QED) is 0.632. The lowest BCUT2D eigenvalue weighted by Gasteiger charge is -2.31. The van der Waals surface area contributed by atoms with Crippen molar-refractivity contribution < 1.29 is 9.53 Å². The zero-order valence-corrected chi connectivity index (χ0v) is 18.3. The van der Waals surface area contributed by atoms with E-state index in [1.54, 1.807) is 11.3 Å². The van der Waals surface area contributed by atoms with Crippen LogP contribution in [0.3, 0.4) is 0 Å². The number of aryl methyl sites for hydroxylation is 2. The minimum atomic E-state index is -0.0520. The molecule has 1 N–H and O–H groups in total. The van der Waals surface area contributed by atoms with Gasteiger partial charge in [-0.2, -0.15) is 0 Å². The van der Waals surface area contributed by atoms with Gasteiger partial charge in [-0.15, -0.1) is 11.3 Å². The third kappa shape index (κ3) is 4.98. The smallest absolute Gasteiger partial charge is 0.226 e. The number of rotatable bonds is 7. The third-order valence-corrected chi connectivity index (χ3v) is 6.30. The molecule has 0 bridgehead atoms. The molecule has 0 saturated carbocycles. The van der Waals surface area contributed by atoms with Gasteiger partial charge in [-0.3, -0.25) is 14.3 Å². The molecule has 1 aliphatic rings. The average Bonchev–Trinajstić information content (AvgIpc) is 3.34. The number of morpholine rings is 1. The van der Waals surface area contributed by atoms with Crippen molar-refractivity contribution in [2.45, 2.75) is 26.3 Å². The fraction of sp³-hybridized carbons (Fsp3) is 0.391. The van der Waals surface area contributed by atoms with Crippen molar-refractivity contribution in [3.05, 3.63) is 70.5 Å². The van der Waals surface area contributed by atoms with Crippen LogP contribution >= 0.6 is 11.3 Å². The molecule has 1 aromatic carbocycles. The number of carbonyl (C=O) groups is 1. The zero-order valence-electron chi connectivity index (χ0n) is 17.5. The van der Waals surface area contributed by atoms with Gasteiger partial charge in [0.1, 0.15) is 0 Å². The van der Waals surface area contributed by atoms with Crippen LogP contribution in [-0.2, 0) is 16.0 Å². The van der Waals surface area contributed by atoms with Crippen LogP contribution in [0.4, 0.5) is 0 Å². The van der Waals surface area contributed by atoms with Crippen LogP contribution in [0.25, 0.3) is 5.13 Å². The highest BCUT2D eigenvalue weighted by atomic mass is 32.1. The van der Waals surface area contributed by atoms with Crippen molar-refractivity contribution in [2.75, 3.05) is 32.8 Å². The summed E-state index contributed by atoms with van der Waals surface area (Å²) in [5.74, 6) is -0.00471. The Morgan fingerprint density at radius 3 is 2.53 bits per heavy atom. The highest BCUT2D eigenvalue weighted by Gasteiger charge is 2.21. The van der Waals surface area contributed by atoms with Gasteiger partial charge in [0.2, 0.25) is 5.91 Å². The van der Waals surface area contributed by atoms with Gasteiger partial charge in [0, 0.05) is 36.4 Å². The normalized spacial score (nSPS) is 15.8. The van der Waals surface area contributed by atoms with Crippen molar-refractivity contribution in [3.8, 4) is 5.13 Å². The molecule has 0 radical (unpaired) electrons. The second kappa shape index (κ2) is 9.55. The van der Waals surface area contributed by atoms with E-state index in [9.17, 15) is 4.79 Å². The molecule has 30 heavy (non-hydrogen) atoms. The number of carbonyl (C=O) groups excluding carboxylic acids is 1. The topological polar surface area (TPSA) is 59.4 Å². The Bertz CT molecular complexity index is 957. The van der Waals surface area contributed by atoms with Crippen LogP contribution in [0.2, 0.25) is 0 Å². The van der Waals surface area contributed by atoms with E-state index < -0.39 is 0 Å². The van der Waals surface area contributed by atoms with Gasteiger partial charge in [0.15, 0.2) is 5.13 Å². The molecule has 2 aromatic heterocycles.